The quantitative estimate of drug-likeness (QED) is 0.351. The molecule has 0 saturated carbocycles. The number of nitrogens with zero attached hydrogens (tertiary/aromatic N) is 7. The first-order chi connectivity index (χ1) is 17.6. The smallest absolute Gasteiger partial charge is 0.181 e. The minimum absolute atomic E-state index is 0.169. The fourth-order valence-electron chi connectivity index (χ4n) is 4.47. The van der Waals surface area contributed by atoms with Gasteiger partial charge in [-0.1, -0.05) is 12.1 Å². The summed E-state index contributed by atoms with van der Waals surface area (Å²) in [5.74, 6) is 1.03. The number of pyridine rings is 2. The van der Waals surface area contributed by atoms with Crippen LogP contribution in [-0.4, -0.2) is 59.2 Å². The SMILES string of the molecule is NC1CN(c2cncc(-c3cnc4n[nH]c(-c5nc6c(-c7cccc(F)c7)nccc6[nH]5)c4c3)n2)C1. The molecule has 0 radical (unpaired) electrons. The largest absolute Gasteiger partial charge is 0.352 e. The van der Waals surface area contributed by atoms with Gasteiger partial charge in [-0.15, -0.1) is 0 Å². The van der Waals surface area contributed by atoms with Crippen molar-refractivity contribution in [1.82, 2.24) is 40.1 Å². The normalized spacial score (nSPS) is 14.0. The van der Waals surface area contributed by atoms with Gasteiger partial charge in [0.05, 0.1) is 34.7 Å². The summed E-state index contributed by atoms with van der Waals surface area (Å²) < 4.78 is 13.8. The van der Waals surface area contributed by atoms with Gasteiger partial charge in [0, 0.05) is 42.7 Å². The number of aromatic amines is 2. The van der Waals surface area contributed by atoms with Crippen LogP contribution < -0.4 is 10.6 Å². The van der Waals surface area contributed by atoms with Crippen molar-refractivity contribution in [1.29, 1.82) is 0 Å². The van der Waals surface area contributed by atoms with E-state index in [0.717, 1.165) is 35.4 Å². The van der Waals surface area contributed by atoms with Crippen LogP contribution in [0.4, 0.5) is 10.2 Å². The molecule has 5 aromatic heterocycles. The van der Waals surface area contributed by atoms with E-state index in [1.54, 1.807) is 30.9 Å². The maximum absolute atomic E-state index is 13.8. The molecule has 36 heavy (non-hydrogen) atoms. The van der Waals surface area contributed by atoms with Gasteiger partial charge in [0.1, 0.15) is 22.8 Å². The fourth-order valence-corrected chi connectivity index (χ4v) is 4.47. The number of anilines is 1. The van der Waals surface area contributed by atoms with Crippen molar-refractivity contribution in [3.05, 3.63) is 67.0 Å². The predicted octanol–water partition coefficient (Wildman–Crippen LogP) is 3.31. The van der Waals surface area contributed by atoms with Crippen LogP contribution in [0.1, 0.15) is 0 Å². The Bertz CT molecular complexity index is 1750. The molecule has 1 aliphatic rings. The number of nitrogens with one attached hydrogen (secondary N) is 2. The highest BCUT2D eigenvalue weighted by atomic mass is 19.1. The first-order valence-electron chi connectivity index (χ1n) is 11.4. The number of nitrogens with two attached hydrogens (primary N) is 1. The molecule has 1 aliphatic heterocycles. The summed E-state index contributed by atoms with van der Waals surface area (Å²) in [5, 5.41) is 8.18. The first kappa shape index (κ1) is 20.6. The third-order valence-corrected chi connectivity index (χ3v) is 6.30. The van der Waals surface area contributed by atoms with Gasteiger partial charge in [-0.25, -0.2) is 19.3 Å². The van der Waals surface area contributed by atoms with Crippen molar-refractivity contribution in [2.75, 3.05) is 18.0 Å². The lowest BCUT2D eigenvalue weighted by atomic mass is 10.1. The topological polar surface area (TPSA) is 138 Å². The van der Waals surface area contributed by atoms with Gasteiger partial charge < -0.3 is 15.6 Å². The van der Waals surface area contributed by atoms with Crippen LogP contribution in [0.15, 0.2) is 61.2 Å². The van der Waals surface area contributed by atoms with E-state index in [2.05, 4.69) is 35.0 Å². The molecule has 0 aliphatic carbocycles. The van der Waals surface area contributed by atoms with Crippen molar-refractivity contribution in [3.8, 4) is 34.0 Å². The first-order valence-corrected chi connectivity index (χ1v) is 11.4. The zero-order valence-corrected chi connectivity index (χ0v) is 18.9. The van der Waals surface area contributed by atoms with E-state index < -0.39 is 0 Å². The van der Waals surface area contributed by atoms with E-state index in [0.29, 0.717) is 39.6 Å². The second-order valence-corrected chi connectivity index (χ2v) is 8.77. The standard InChI is InChI=1S/C25H19FN10/c26-15-3-1-2-13(6-15)21-23-18(4-5-29-21)32-25(33-23)22-17-7-14(8-30-24(17)35-34-22)19-9-28-10-20(31-19)36-11-16(27)12-36/h1-10,16H,11-12,27H2,(H,32,33)(H,30,34,35). The molecule has 176 valence electrons. The third kappa shape index (κ3) is 3.36. The second-order valence-electron chi connectivity index (χ2n) is 8.77. The minimum atomic E-state index is -0.329. The maximum Gasteiger partial charge on any atom is 0.181 e. The summed E-state index contributed by atoms with van der Waals surface area (Å²) in [5.41, 5.74) is 11.3. The van der Waals surface area contributed by atoms with Crippen molar-refractivity contribution >= 4 is 27.9 Å². The predicted molar refractivity (Wildman–Crippen MR) is 133 cm³/mol. The van der Waals surface area contributed by atoms with Crippen molar-refractivity contribution in [2.45, 2.75) is 6.04 Å². The zero-order valence-electron chi connectivity index (χ0n) is 18.9. The Morgan fingerprint density at radius 3 is 2.78 bits per heavy atom. The molecule has 1 fully saturated rings. The van der Waals surface area contributed by atoms with Crippen molar-refractivity contribution < 1.29 is 4.39 Å². The Kier molecular flexibility index (Phi) is 4.51. The Morgan fingerprint density at radius 2 is 1.92 bits per heavy atom. The van der Waals surface area contributed by atoms with E-state index in [1.165, 1.54) is 12.1 Å². The van der Waals surface area contributed by atoms with Crippen molar-refractivity contribution in [2.24, 2.45) is 5.73 Å². The number of halogens is 1. The lowest BCUT2D eigenvalue weighted by Crippen LogP contribution is -2.56. The van der Waals surface area contributed by atoms with Crippen LogP contribution >= 0.6 is 0 Å². The molecule has 7 rings (SSSR count). The fraction of sp³-hybridized carbons (Fsp3) is 0.120. The van der Waals surface area contributed by atoms with Crippen LogP contribution in [-0.2, 0) is 0 Å². The van der Waals surface area contributed by atoms with Crippen LogP contribution in [0, 0.1) is 5.82 Å². The summed E-state index contributed by atoms with van der Waals surface area (Å²) in [4.78, 5) is 28.3. The Morgan fingerprint density at radius 1 is 1.00 bits per heavy atom. The Hall–Kier alpha value is -4.77. The summed E-state index contributed by atoms with van der Waals surface area (Å²) in [6.07, 6.45) is 6.85. The summed E-state index contributed by atoms with van der Waals surface area (Å²) in [6, 6.07) is 10.3. The summed E-state index contributed by atoms with van der Waals surface area (Å²) in [7, 11) is 0. The highest BCUT2D eigenvalue weighted by molar-refractivity contribution is 5.96. The molecule has 10 nitrogen and oxygen atoms in total. The van der Waals surface area contributed by atoms with E-state index >= 15 is 0 Å². The average molecular weight is 478 g/mol. The van der Waals surface area contributed by atoms with E-state index in [-0.39, 0.29) is 11.9 Å². The highest BCUT2D eigenvalue weighted by Gasteiger charge is 2.25. The number of H-pyrrole nitrogens is 2. The minimum Gasteiger partial charge on any atom is -0.352 e. The summed E-state index contributed by atoms with van der Waals surface area (Å²) >= 11 is 0. The monoisotopic (exact) mass is 478 g/mol. The van der Waals surface area contributed by atoms with E-state index in [4.69, 9.17) is 15.7 Å². The number of fused-ring (bicyclic) bond motifs is 2. The molecule has 0 spiro atoms. The molecule has 11 heteroatoms. The number of aromatic nitrogens is 8. The Labute approximate surface area is 203 Å². The molecule has 1 aromatic carbocycles. The van der Waals surface area contributed by atoms with Crippen LogP contribution in [0.2, 0.25) is 0 Å². The van der Waals surface area contributed by atoms with Gasteiger partial charge >= 0.3 is 0 Å². The summed E-state index contributed by atoms with van der Waals surface area (Å²) in [6.45, 7) is 1.53. The van der Waals surface area contributed by atoms with Gasteiger partial charge in [0.15, 0.2) is 11.5 Å². The maximum atomic E-state index is 13.8. The van der Waals surface area contributed by atoms with E-state index in [9.17, 15) is 4.39 Å². The molecule has 0 atom stereocenters. The number of hydrogen-bond donors (Lipinski definition) is 3. The molecular weight excluding hydrogens is 459 g/mol. The van der Waals surface area contributed by atoms with Crippen LogP contribution in [0.5, 0.6) is 0 Å². The van der Waals surface area contributed by atoms with Crippen LogP contribution in [0.25, 0.3) is 56.1 Å². The molecule has 0 unspecified atom stereocenters. The Balaban J connectivity index is 1.31. The molecular formula is C25H19FN10. The zero-order chi connectivity index (χ0) is 24.2. The van der Waals surface area contributed by atoms with Gasteiger partial charge in [-0.3, -0.25) is 15.1 Å². The van der Waals surface area contributed by atoms with Crippen molar-refractivity contribution in [3.63, 3.8) is 0 Å². The molecule has 6 heterocycles. The number of hydrogen-bond acceptors (Lipinski definition) is 8. The van der Waals surface area contributed by atoms with Gasteiger partial charge in [-0.2, -0.15) is 5.10 Å². The molecule has 6 aromatic rings. The van der Waals surface area contributed by atoms with E-state index in [1.807, 2.05) is 18.2 Å². The van der Waals surface area contributed by atoms with Crippen LogP contribution in [0.3, 0.4) is 0 Å². The highest BCUT2D eigenvalue weighted by Crippen LogP contribution is 2.31. The van der Waals surface area contributed by atoms with Gasteiger partial charge in [-0.05, 0) is 24.3 Å². The number of imidazole rings is 1. The molecule has 1 saturated heterocycles. The third-order valence-electron chi connectivity index (χ3n) is 6.30. The lowest BCUT2D eigenvalue weighted by molar-refractivity contribution is 0.514. The second kappa shape index (κ2) is 7.89. The van der Waals surface area contributed by atoms with Gasteiger partial charge in [0.25, 0.3) is 0 Å². The number of benzene rings is 1. The molecule has 0 amide bonds. The molecule has 0 bridgehead atoms. The number of rotatable bonds is 4. The van der Waals surface area contributed by atoms with Gasteiger partial charge in [0.2, 0.25) is 0 Å². The average Bonchev–Trinajstić information content (AvgIpc) is 3.50. The lowest BCUT2D eigenvalue weighted by Gasteiger charge is -2.37. The molecule has 4 N–H and O–H groups in total.